The second-order valence-corrected chi connectivity index (χ2v) is 7.86. The Kier molecular flexibility index (Phi) is 4.76. The van der Waals surface area contributed by atoms with Crippen LogP contribution in [0.5, 0.6) is 0 Å². The highest BCUT2D eigenvalue weighted by Gasteiger charge is 2.27. The maximum Gasteiger partial charge on any atom is 0.273 e. The predicted molar refractivity (Wildman–Crippen MR) is 92.3 cm³/mol. The maximum atomic E-state index is 12.8. The van der Waals surface area contributed by atoms with E-state index in [1.165, 1.54) is 32.2 Å². The van der Waals surface area contributed by atoms with Gasteiger partial charge in [-0.3, -0.25) is 14.4 Å². The van der Waals surface area contributed by atoms with E-state index in [1.807, 2.05) is 6.92 Å². The van der Waals surface area contributed by atoms with Crippen molar-refractivity contribution < 1.29 is 13.3 Å². The van der Waals surface area contributed by atoms with Crippen LogP contribution in [0.15, 0.2) is 45.8 Å². The minimum atomic E-state index is -3.89. The summed E-state index contributed by atoms with van der Waals surface area (Å²) in [5.74, 6) is 0. The zero-order valence-electron chi connectivity index (χ0n) is 12.8. The van der Waals surface area contributed by atoms with Crippen LogP contribution in [0, 0.1) is 24.0 Å². The van der Waals surface area contributed by atoms with E-state index in [4.69, 9.17) is 0 Å². The Morgan fingerprint density at radius 3 is 2.39 bits per heavy atom. The lowest BCUT2D eigenvalue weighted by molar-refractivity contribution is -0.385. The largest absolute Gasteiger partial charge is 0.273 e. The summed E-state index contributed by atoms with van der Waals surface area (Å²) in [5, 5.41) is 11.0. The number of nitrogens with zero attached hydrogens (tertiary/aromatic N) is 2. The molecule has 8 heteroatoms. The molecule has 122 valence electrons. The summed E-state index contributed by atoms with van der Waals surface area (Å²) in [6, 6.07) is 9.20. The molecule has 0 N–H and O–H groups in total. The monoisotopic (exact) mass is 398 g/mol. The molecule has 0 aliphatic carbocycles. The van der Waals surface area contributed by atoms with E-state index >= 15 is 0 Å². The topological polar surface area (TPSA) is 80.5 Å². The van der Waals surface area contributed by atoms with Crippen molar-refractivity contribution in [1.82, 2.24) is 0 Å². The summed E-state index contributed by atoms with van der Waals surface area (Å²) in [6.07, 6.45) is 0. The number of aryl methyl sites for hydroxylation is 1. The Morgan fingerprint density at radius 2 is 1.83 bits per heavy atom. The zero-order valence-corrected chi connectivity index (χ0v) is 15.2. The Morgan fingerprint density at radius 1 is 1.17 bits per heavy atom. The van der Waals surface area contributed by atoms with Crippen LogP contribution in [0.2, 0.25) is 0 Å². The Balaban J connectivity index is 2.56. The third-order valence-electron chi connectivity index (χ3n) is 3.60. The molecule has 0 aliphatic heterocycles. The van der Waals surface area contributed by atoms with Crippen molar-refractivity contribution in [2.45, 2.75) is 18.7 Å². The summed E-state index contributed by atoms with van der Waals surface area (Å²) in [4.78, 5) is 10.4. The van der Waals surface area contributed by atoms with Crippen LogP contribution in [0.3, 0.4) is 0 Å². The van der Waals surface area contributed by atoms with Crippen molar-refractivity contribution in [1.29, 1.82) is 0 Å². The van der Waals surface area contributed by atoms with Crippen molar-refractivity contribution in [3.63, 3.8) is 0 Å². The van der Waals surface area contributed by atoms with Crippen LogP contribution in [-0.2, 0) is 10.0 Å². The minimum absolute atomic E-state index is 0.0743. The van der Waals surface area contributed by atoms with Gasteiger partial charge >= 0.3 is 0 Å². The Bertz CT molecular complexity index is 881. The fourth-order valence-corrected chi connectivity index (χ4v) is 3.87. The quantitative estimate of drug-likeness (QED) is 0.579. The Labute approximate surface area is 143 Å². The molecule has 0 unspecified atom stereocenters. The molecule has 23 heavy (non-hydrogen) atoms. The van der Waals surface area contributed by atoms with Gasteiger partial charge in [-0.2, -0.15) is 0 Å². The molecule has 0 amide bonds. The summed E-state index contributed by atoms with van der Waals surface area (Å²) in [5.41, 5.74) is 1.28. The van der Waals surface area contributed by atoms with Gasteiger partial charge in [0, 0.05) is 23.2 Å². The van der Waals surface area contributed by atoms with Gasteiger partial charge in [0.05, 0.1) is 15.5 Å². The second-order valence-electron chi connectivity index (χ2n) is 5.06. The van der Waals surface area contributed by atoms with Crippen molar-refractivity contribution in [2.24, 2.45) is 0 Å². The molecule has 0 aliphatic rings. The summed E-state index contributed by atoms with van der Waals surface area (Å²) in [7, 11) is -2.47. The normalized spacial score (nSPS) is 11.3. The van der Waals surface area contributed by atoms with Gasteiger partial charge in [0.1, 0.15) is 0 Å². The van der Waals surface area contributed by atoms with Gasteiger partial charge in [-0.05, 0) is 43.7 Å². The molecular weight excluding hydrogens is 384 g/mol. The molecule has 2 rings (SSSR count). The minimum Gasteiger partial charge on any atom is -0.269 e. The molecule has 0 saturated heterocycles. The van der Waals surface area contributed by atoms with Crippen LogP contribution in [0.25, 0.3) is 0 Å². The molecule has 0 atom stereocenters. The van der Waals surface area contributed by atoms with Crippen LogP contribution < -0.4 is 4.31 Å². The fraction of sp³-hybridized carbons (Fsp3) is 0.200. The zero-order chi connectivity index (χ0) is 17.4. The van der Waals surface area contributed by atoms with Gasteiger partial charge in [0.25, 0.3) is 15.7 Å². The van der Waals surface area contributed by atoms with Crippen molar-refractivity contribution >= 4 is 37.3 Å². The lowest BCUT2D eigenvalue weighted by atomic mass is 10.2. The summed E-state index contributed by atoms with van der Waals surface area (Å²) >= 11 is 3.37. The third-order valence-corrected chi connectivity index (χ3v) is 6.42. The number of hydrogen-bond acceptors (Lipinski definition) is 4. The number of anilines is 1. The molecule has 0 fully saturated rings. The first-order valence-corrected chi connectivity index (χ1v) is 8.88. The Hall–Kier alpha value is -1.93. The molecule has 0 bridgehead atoms. The highest BCUT2D eigenvalue weighted by atomic mass is 79.9. The molecule has 0 heterocycles. The van der Waals surface area contributed by atoms with E-state index in [2.05, 4.69) is 15.9 Å². The summed E-state index contributed by atoms with van der Waals surface area (Å²) < 4.78 is 27.6. The van der Waals surface area contributed by atoms with Gasteiger partial charge in [-0.15, -0.1) is 0 Å². The lowest BCUT2D eigenvalue weighted by Crippen LogP contribution is -2.27. The average Bonchev–Trinajstić information content (AvgIpc) is 2.49. The number of sulfonamides is 1. The number of nitro groups is 1. The van der Waals surface area contributed by atoms with E-state index in [1.54, 1.807) is 18.2 Å². The lowest BCUT2D eigenvalue weighted by Gasteiger charge is -2.21. The molecular formula is C15H15BrN2O4S. The number of nitro benzene ring substituents is 1. The number of rotatable bonds is 4. The van der Waals surface area contributed by atoms with E-state index in [9.17, 15) is 18.5 Å². The van der Waals surface area contributed by atoms with Crippen molar-refractivity contribution in [3.8, 4) is 0 Å². The van der Waals surface area contributed by atoms with E-state index < -0.39 is 14.9 Å². The average molecular weight is 399 g/mol. The predicted octanol–water partition coefficient (Wildman–Crippen LogP) is 3.80. The fourth-order valence-electron chi connectivity index (χ4n) is 2.19. The first-order valence-electron chi connectivity index (χ1n) is 6.65. The van der Waals surface area contributed by atoms with E-state index in [0.717, 1.165) is 14.3 Å². The molecule has 0 aromatic heterocycles. The van der Waals surface area contributed by atoms with Gasteiger partial charge < -0.3 is 0 Å². The van der Waals surface area contributed by atoms with Crippen LogP contribution in [0.1, 0.15) is 11.1 Å². The molecule has 2 aromatic carbocycles. The van der Waals surface area contributed by atoms with Gasteiger partial charge in [0.15, 0.2) is 0 Å². The van der Waals surface area contributed by atoms with Crippen LogP contribution in [0.4, 0.5) is 11.4 Å². The molecule has 2 aromatic rings. The van der Waals surface area contributed by atoms with Crippen molar-refractivity contribution in [2.75, 3.05) is 11.4 Å². The van der Waals surface area contributed by atoms with Gasteiger partial charge in [0.2, 0.25) is 0 Å². The van der Waals surface area contributed by atoms with Crippen LogP contribution in [-0.4, -0.2) is 20.4 Å². The number of halogens is 1. The van der Waals surface area contributed by atoms with E-state index in [-0.39, 0.29) is 16.1 Å². The highest BCUT2D eigenvalue weighted by Crippen LogP contribution is 2.30. The number of benzene rings is 2. The third kappa shape index (κ3) is 3.23. The first-order chi connectivity index (χ1) is 10.7. The second kappa shape index (κ2) is 6.29. The van der Waals surface area contributed by atoms with Gasteiger partial charge in [-0.1, -0.05) is 22.0 Å². The van der Waals surface area contributed by atoms with E-state index in [0.29, 0.717) is 5.69 Å². The smallest absolute Gasteiger partial charge is 0.269 e. The first kappa shape index (κ1) is 17.4. The van der Waals surface area contributed by atoms with Gasteiger partial charge in [-0.25, -0.2) is 8.42 Å². The molecule has 0 saturated carbocycles. The SMILES string of the molecule is Cc1cc(N(C)S(=O)(=O)c2cccc([N+](=O)[O-])c2C)ccc1Br. The highest BCUT2D eigenvalue weighted by molar-refractivity contribution is 9.10. The van der Waals surface area contributed by atoms with Crippen LogP contribution >= 0.6 is 15.9 Å². The number of hydrogen-bond donors (Lipinski definition) is 0. The standard InChI is InChI=1S/C15H15BrN2O4S/c1-10-9-12(7-8-13(10)16)17(3)23(21,22)15-6-4-5-14(11(15)2)18(19)20/h4-9H,1-3H3. The maximum absolute atomic E-state index is 12.8. The summed E-state index contributed by atoms with van der Waals surface area (Å²) in [6.45, 7) is 3.29. The van der Waals surface area contributed by atoms with Crippen molar-refractivity contribution in [3.05, 3.63) is 62.1 Å². The molecule has 6 nitrogen and oxygen atoms in total. The molecule has 0 radical (unpaired) electrons. The molecule has 0 spiro atoms.